The first kappa shape index (κ1) is 14.4. The average Bonchev–Trinajstić information content (AvgIpc) is 2.34. The quantitative estimate of drug-likeness (QED) is 0.804. The van der Waals surface area contributed by atoms with E-state index in [2.05, 4.69) is 0 Å². The molecule has 1 heterocycles. The maximum absolute atomic E-state index is 11.7. The van der Waals surface area contributed by atoms with E-state index in [1.54, 1.807) is 4.90 Å². The minimum absolute atomic E-state index is 0.0101. The molecule has 1 aliphatic heterocycles. The van der Waals surface area contributed by atoms with Gasteiger partial charge in [0.05, 0.1) is 12.5 Å². The summed E-state index contributed by atoms with van der Waals surface area (Å²) in [5.74, 6) is -0.357. The molecule has 0 radical (unpaired) electrons. The molecule has 1 N–H and O–H groups in total. The standard InChI is InChI=1S/C15H19NO4/c1-11-5-2-3-6-13(11)20-8-4-7-14(17)16-9-12(10-16)15(18)19/h2-3,5-6,12H,4,7-10H2,1H3,(H,18,19). The van der Waals surface area contributed by atoms with Gasteiger partial charge in [-0.3, -0.25) is 9.59 Å². The first-order valence-corrected chi connectivity index (χ1v) is 6.77. The summed E-state index contributed by atoms with van der Waals surface area (Å²) in [6.07, 6.45) is 1.04. The third-order valence-corrected chi connectivity index (χ3v) is 3.47. The van der Waals surface area contributed by atoms with Gasteiger partial charge in [-0.2, -0.15) is 0 Å². The lowest BCUT2D eigenvalue weighted by molar-refractivity contribution is -0.152. The van der Waals surface area contributed by atoms with Gasteiger partial charge in [-0.25, -0.2) is 0 Å². The normalized spacial score (nSPS) is 14.8. The predicted octanol–water partition coefficient (Wildman–Crippen LogP) is 1.70. The lowest BCUT2D eigenvalue weighted by atomic mass is 10.00. The maximum Gasteiger partial charge on any atom is 0.310 e. The number of nitrogens with zero attached hydrogens (tertiary/aromatic N) is 1. The molecule has 5 nitrogen and oxygen atoms in total. The van der Waals surface area contributed by atoms with Crippen molar-refractivity contribution in [1.29, 1.82) is 0 Å². The number of carbonyl (C=O) groups is 2. The van der Waals surface area contributed by atoms with Crippen molar-refractivity contribution < 1.29 is 19.4 Å². The van der Waals surface area contributed by atoms with E-state index in [0.29, 0.717) is 32.5 Å². The summed E-state index contributed by atoms with van der Waals surface area (Å²) in [5.41, 5.74) is 1.07. The van der Waals surface area contributed by atoms with Crippen LogP contribution in [0.3, 0.4) is 0 Å². The first-order valence-electron chi connectivity index (χ1n) is 6.77. The summed E-state index contributed by atoms with van der Waals surface area (Å²) in [6.45, 7) is 3.15. The van der Waals surface area contributed by atoms with Crippen LogP contribution in [0.2, 0.25) is 0 Å². The highest BCUT2D eigenvalue weighted by molar-refractivity contribution is 5.80. The molecule has 20 heavy (non-hydrogen) atoms. The Labute approximate surface area is 118 Å². The van der Waals surface area contributed by atoms with Crippen molar-refractivity contribution in [2.45, 2.75) is 19.8 Å². The van der Waals surface area contributed by atoms with Gasteiger partial charge in [-0.15, -0.1) is 0 Å². The fourth-order valence-corrected chi connectivity index (χ4v) is 2.12. The van der Waals surface area contributed by atoms with Crippen LogP contribution in [0.1, 0.15) is 18.4 Å². The number of ether oxygens (including phenoxy) is 1. The lowest BCUT2D eigenvalue weighted by Crippen LogP contribution is -2.53. The molecule has 0 atom stereocenters. The molecular formula is C15H19NO4. The van der Waals surface area contributed by atoms with Crippen LogP contribution in [-0.4, -0.2) is 41.6 Å². The van der Waals surface area contributed by atoms with Crippen LogP contribution in [0, 0.1) is 12.8 Å². The van der Waals surface area contributed by atoms with Crippen molar-refractivity contribution >= 4 is 11.9 Å². The molecule has 1 amide bonds. The van der Waals surface area contributed by atoms with Crippen LogP contribution in [0.4, 0.5) is 0 Å². The molecule has 0 aliphatic carbocycles. The zero-order valence-corrected chi connectivity index (χ0v) is 11.5. The number of benzene rings is 1. The number of amides is 1. The molecule has 1 fully saturated rings. The first-order chi connectivity index (χ1) is 9.58. The molecule has 1 aromatic carbocycles. The minimum atomic E-state index is -0.822. The van der Waals surface area contributed by atoms with Crippen LogP contribution >= 0.6 is 0 Å². The Morgan fingerprint density at radius 1 is 1.35 bits per heavy atom. The van der Waals surface area contributed by atoms with Crippen molar-refractivity contribution in [2.24, 2.45) is 5.92 Å². The van der Waals surface area contributed by atoms with Crippen LogP contribution in [0.15, 0.2) is 24.3 Å². The van der Waals surface area contributed by atoms with Crippen molar-refractivity contribution in [3.05, 3.63) is 29.8 Å². The molecule has 2 rings (SSSR count). The third kappa shape index (κ3) is 3.50. The number of carboxylic acid groups (broad SMARTS) is 1. The lowest BCUT2D eigenvalue weighted by Gasteiger charge is -2.36. The van der Waals surface area contributed by atoms with E-state index in [9.17, 15) is 9.59 Å². The van der Waals surface area contributed by atoms with Gasteiger partial charge in [-0.05, 0) is 25.0 Å². The van der Waals surface area contributed by atoms with E-state index in [0.717, 1.165) is 11.3 Å². The van der Waals surface area contributed by atoms with E-state index in [1.165, 1.54) is 0 Å². The molecule has 0 unspecified atom stereocenters. The van der Waals surface area contributed by atoms with Crippen LogP contribution in [0.25, 0.3) is 0 Å². The van der Waals surface area contributed by atoms with E-state index < -0.39 is 5.97 Å². The number of aliphatic carboxylic acids is 1. The van der Waals surface area contributed by atoms with Crippen LogP contribution < -0.4 is 4.74 Å². The maximum atomic E-state index is 11.7. The number of hydrogen-bond acceptors (Lipinski definition) is 3. The Balaban J connectivity index is 1.63. The van der Waals surface area contributed by atoms with Gasteiger partial charge in [-0.1, -0.05) is 18.2 Å². The number of likely N-dealkylation sites (tertiary alicyclic amines) is 1. The molecule has 0 saturated carbocycles. The highest BCUT2D eigenvalue weighted by Gasteiger charge is 2.34. The second-order valence-electron chi connectivity index (χ2n) is 5.05. The SMILES string of the molecule is Cc1ccccc1OCCCC(=O)N1CC(C(=O)O)C1. The molecule has 0 bridgehead atoms. The number of aryl methyl sites for hydroxylation is 1. The second kappa shape index (κ2) is 6.41. The van der Waals surface area contributed by atoms with Crippen LogP contribution in [-0.2, 0) is 9.59 Å². The highest BCUT2D eigenvalue weighted by Crippen LogP contribution is 2.18. The van der Waals surface area contributed by atoms with Gasteiger partial charge in [0.25, 0.3) is 0 Å². The highest BCUT2D eigenvalue weighted by atomic mass is 16.5. The summed E-state index contributed by atoms with van der Waals surface area (Å²) >= 11 is 0. The summed E-state index contributed by atoms with van der Waals surface area (Å²) in [7, 11) is 0. The number of para-hydroxylation sites is 1. The summed E-state index contributed by atoms with van der Waals surface area (Å²) in [6, 6.07) is 7.75. The number of rotatable bonds is 6. The van der Waals surface area contributed by atoms with Crippen molar-refractivity contribution in [3.63, 3.8) is 0 Å². The fraction of sp³-hybridized carbons (Fsp3) is 0.467. The van der Waals surface area contributed by atoms with Crippen molar-refractivity contribution in [1.82, 2.24) is 4.90 Å². The summed E-state index contributed by atoms with van der Waals surface area (Å²) in [5, 5.41) is 8.74. The van der Waals surface area contributed by atoms with Crippen molar-refractivity contribution in [2.75, 3.05) is 19.7 Å². The molecule has 1 aromatic rings. The molecule has 5 heteroatoms. The van der Waals surface area contributed by atoms with E-state index >= 15 is 0 Å². The summed E-state index contributed by atoms with van der Waals surface area (Å²) in [4.78, 5) is 24.0. The van der Waals surface area contributed by atoms with E-state index in [1.807, 2.05) is 31.2 Å². The Kier molecular flexibility index (Phi) is 4.61. The van der Waals surface area contributed by atoms with E-state index in [4.69, 9.17) is 9.84 Å². The van der Waals surface area contributed by atoms with Gasteiger partial charge >= 0.3 is 5.97 Å². The Bertz CT molecular complexity index is 494. The topological polar surface area (TPSA) is 66.8 Å². The van der Waals surface area contributed by atoms with Gasteiger partial charge in [0.15, 0.2) is 0 Å². The smallest absolute Gasteiger partial charge is 0.310 e. The number of hydrogen-bond donors (Lipinski definition) is 1. The molecule has 0 spiro atoms. The zero-order valence-electron chi connectivity index (χ0n) is 11.5. The van der Waals surface area contributed by atoms with Crippen molar-refractivity contribution in [3.8, 4) is 5.75 Å². The van der Waals surface area contributed by atoms with Gasteiger partial charge in [0.2, 0.25) is 5.91 Å². The Morgan fingerprint density at radius 2 is 2.05 bits per heavy atom. The minimum Gasteiger partial charge on any atom is -0.493 e. The Hall–Kier alpha value is -2.04. The number of carbonyl (C=O) groups excluding carboxylic acids is 1. The number of carboxylic acids is 1. The molecule has 1 saturated heterocycles. The van der Waals surface area contributed by atoms with E-state index in [-0.39, 0.29) is 11.8 Å². The Morgan fingerprint density at radius 3 is 2.70 bits per heavy atom. The average molecular weight is 277 g/mol. The predicted molar refractivity (Wildman–Crippen MR) is 73.6 cm³/mol. The molecular weight excluding hydrogens is 258 g/mol. The third-order valence-electron chi connectivity index (χ3n) is 3.47. The van der Waals surface area contributed by atoms with Gasteiger partial charge < -0.3 is 14.7 Å². The van der Waals surface area contributed by atoms with Gasteiger partial charge in [0, 0.05) is 19.5 Å². The molecule has 108 valence electrons. The fourth-order valence-electron chi connectivity index (χ4n) is 2.12. The largest absolute Gasteiger partial charge is 0.493 e. The monoisotopic (exact) mass is 277 g/mol. The zero-order chi connectivity index (χ0) is 14.5. The van der Waals surface area contributed by atoms with Crippen LogP contribution in [0.5, 0.6) is 5.75 Å². The second-order valence-corrected chi connectivity index (χ2v) is 5.05. The summed E-state index contributed by atoms with van der Waals surface area (Å²) < 4.78 is 5.61. The molecule has 0 aromatic heterocycles. The molecule has 1 aliphatic rings. The van der Waals surface area contributed by atoms with Gasteiger partial charge in [0.1, 0.15) is 5.75 Å².